The molecule has 0 atom stereocenters. The molecule has 0 fully saturated rings. The van der Waals surface area contributed by atoms with Gasteiger partial charge < -0.3 is 9.47 Å². The van der Waals surface area contributed by atoms with Gasteiger partial charge in [-0.3, -0.25) is 14.5 Å². The molecule has 0 aliphatic heterocycles. The molecular weight excluding hydrogens is 464 g/mol. The average molecular weight is 512 g/mol. The standard InChI is InChI=1S/C31H47N2O4/c1-5-6-7-8-9-10-11-12-13-14-15-18-23-37-30-24-27(20-21-29(30)36-4)31(35)33(26(2)34)25-28-19-16-17-22-32(28)3/h16-17,19-22,24H,5-15,18,23,25H2,1-4H3/q+1. The number of aryl methyl sites for hydroxylation is 1. The van der Waals surface area contributed by atoms with Crippen molar-refractivity contribution in [1.29, 1.82) is 0 Å². The second kappa shape index (κ2) is 17.5. The minimum absolute atomic E-state index is 0.201. The van der Waals surface area contributed by atoms with E-state index in [0.717, 1.165) is 18.5 Å². The van der Waals surface area contributed by atoms with Crippen molar-refractivity contribution in [3.05, 3.63) is 53.9 Å². The Labute approximate surface area is 224 Å². The fourth-order valence-electron chi connectivity index (χ4n) is 4.41. The third kappa shape index (κ3) is 10.9. The van der Waals surface area contributed by atoms with Crippen LogP contribution in [0, 0.1) is 0 Å². The monoisotopic (exact) mass is 511 g/mol. The molecule has 1 heterocycles. The normalized spacial score (nSPS) is 10.8. The van der Waals surface area contributed by atoms with Crippen molar-refractivity contribution in [2.45, 2.75) is 97.4 Å². The van der Waals surface area contributed by atoms with E-state index in [-0.39, 0.29) is 18.4 Å². The third-order valence-electron chi connectivity index (χ3n) is 6.77. The van der Waals surface area contributed by atoms with Gasteiger partial charge in [0.05, 0.1) is 13.7 Å². The maximum Gasteiger partial charge on any atom is 0.261 e. The number of ether oxygens (including phenoxy) is 2. The number of carbonyl (C=O) groups excluding carboxylic acids is 2. The molecule has 1 aromatic carbocycles. The van der Waals surface area contributed by atoms with Crippen molar-refractivity contribution >= 4 is 11.8 Å². The molecule has 6 nitrogen and oxygen atoms in total. The molecule has 0 saturated carbocycles. The van der Waals surface area contributed by atoms with Gasteiger partial charge in [0.1, 0.15) is 13.6 Å². The Morgan fingerprint density at radius 2 is 1.46 bits per heavy atom. The summed E-state index contributed by atoms with van der Waals surface area (Å²) in [5.74, 6) is 0.461. The molecule has 1 aromatic heterocycles. The highest BCUT2D eigenvalue weighted by Crippen LogP contribution is 2.29. The van der Waals surface area contributed by atoms with Crippen molar-refractivity contribution in [1.82, 2.24) is 4.90 Å². The summed E-state index contributed by atoms with van der Waals surface area (Å²) in [5, 5.41) is 0. The zero-order valence-electron chi connectivity index (χ0n) is 23.5. The van der Waals surface area contributed by atoms with Crippen LogP contribution < -0.4 is 14.0 Å². The molecule has 0 aliphatic rings. The predicted octanol–water partition coefficient (Wildman–Crippen LogP) is 6.79. The summed E-state index contributed by atoms with van der Waals surface area (Å²) < 4.78 is 13.3. The summed E-state index contributed by atoms with van der Waals surface area (Å²) in [6, 6.07) is 10.8. The lowest BCUT2D eigenvalue weighted by Gasteiger charge is -2.19. The van der Waals surface area contributed by atoms with Gasteiger partial charge in [-0.2, -0.15) is 0 Å². The van der Waals surface area contributed by atoms with Gasteiger partial charge >= 0.3 is 0 Å². The SMILES string of the molecule is CCCCCCCCCCCCCCOc1cc(C(=O)N(Cc2cccc[n+]2C)C(C)=O)ccc1OC. The van der Waals surface area contributed by atoms with Crippen molar-refractivity contribution < 1.29 is 23.6 Å². The number of aromatic nitrogens is 1. The zero-order chi connectivity index (χ0) is 26.9. The maximum atomic E-state index is 13.2. The Hall–Kier alpha value is -2.89. The molecule has 2 aromatic rings. The lowest BCUT2D eigenvalue weighted by atomic mass is 10.1. The van der Waals surface area contributed by atoms with Crippen LogP contribution in [0.25, 0.3) is 0 Å². The van der Waals surface area contributed by atoms with Gasteiger partial charge in [-0.25, -0.2) is 4.57 Å². The molecule has 0 aliphatic carbocycles. The molecule has 2 amide bonds. The van der Waals surface area contributed by atoms with Gasteiger partial charge in [-0.1, -0.05) is 83.6 Å². The number of hydrogen-bond donors (Lipinski definition) is 0. The minimum atomic E-state index is -0.353. The number of nitrogens with zero attached hydrogens (tertiary/aromatic N) is 2. The summed E-state index contributed by atoms with van der Waals surface area (Å²) in [7, 11) is 3.48. The van der Waals surface area contributed by atoms with E-state index in [4.69, 9.17) is 9.47 Å². The van der Waals surface area contributed by atoms with Crippen LogP contribution in [0.2, 0.25) is 0 Å². The maximum absolute atomic E-state index is 13.2. The van der Waals surface area contributed by atoms with Crippen LogP contribution >= 0.6 is 0 Å². The van der Waals surface area contributed by atoms with E-state index in [1.54, 1.807) is 25.3 Å². The lowest BCUT2D eigenvalue weighted by Crippen LogP contribution is -2.41. The summed E-state index contributed by atoms with van der Waals surface area (Å²) in [5.41, 5.74) is 1.27. The van der Waals surface area contributed by atoms with Gasteiger partial charge in [0, 0.05) is 24.6 Å². The Morgan fingerprint density at radius 1 is 0.838 bits per heavy atom. The van der Waals surface area contributed by atoms with Crippen LogP contribution in [0.1, 0.15) is 107 Å². The van der Waals surface area contributed by atoms with E-state index in [9.17, 15) is 9.59 Å². The minimum Gasteiger partial charge on any atom is -0.493 e. The third-order valence-corrected chi connectivity index (χ3v) is 6.77. The first-order chi connectivity index (χ1) is 18.0. The van der Waals surface area contributed by atoms with Crippen LogP contribution in [-0.2, 0) is 18.4 Å². The number of unbranched alkanes of at least 4 members (excludes halogenated alkanes) is 11. The van der Waals surface area contributed by atoms with E-state index in [1.807, 2.05) is 36.0 Å². The van der Waals surface area contributed by atoms with Crippen LogP contribution in [0.15, 0.2) is 42.6 Å². The summed E-state index contributed by atoms with van der Waals surface area (Å²) in [6.07, 6.45) is 17.4. The van der Waals surface area contributed by atoms with Gasteiger partial charge in [-0.05, 0) is 24.6 Å². The number of benzene rings is 1. The second-order valence-corrected chi connectivity index (χ2v) is 9.82. The number of pyridine rings is 1. The smallest absolute Gasteiger partial charge is 0.261 e. The van der Waals surface area contributed by atoms with E-state index >= 15 is 0 Å². The molecule has 2 rings (SSSR count). The largest absolute Gasteiger partial charge is 0.493 e. The topological polar surface area (TPSA) is 59.7 Å². The highest BCUT2D eigenvalue weighted by Gasteiger charge is 2.24. The van der Waals surface area contributed by atoms with E-state index in [2.05, 4.69) is 6.92 Å². The fraction of sp³-hybridized carbons (Fsp3) is 0.581. The number of methoxy groups -OCH3 is 1. The van der Waals surface area contributed by atoms with Gasteiger partial charge in [0.25, 0.3) is 5.91 Å². The van der Waals surface area contributed by atoms with E-state index in [1.165, 1.54) is 76.0 Å². The highest BCUT2D eigenvalue weighted by molar-refractivity contribution is 6.04. The quantitative estimate of drug-likeness (QED) is 0.163. The van der Waals surface area contributed by atoms with Gasteiger partial charge in [0.2, 0.25) is 11.6 Å². The molecule has 0 radical (unpaired) electrons. The predicted molar refractivity (Wildman–Crippen MR) is 148 cm³/mol. The Bertz CT molecular complexity index is 960. The molecular formula is C31H47N2O4+. The number of imide groups is 1. The molecule has 0 saturated heterocycles. The zero-order valence-corrected chi connectivity index (χ0v) is 23.5. The number of hydrogen-bond acceptors (Lipinski definition) is 4. The lowest BCUT2D eigenvalue weighted by molar-refractivity contribution is -0.679. The number of rotatable bonds is 18. The van der Waals surface area contributed by atoms with Crippen LogP contribution in [0.3, 0.4) is 0 Å². The van der Waals surface area contributed by atoms with Crippen molar-refractivity contribution in [3.63, 3.8) is 0 Å². The van der Waals surface area contributed by atoms with Crippen LogP contribution in [-0.4, -0.2) is 30.4 Å². The first kappa shape index (κ1) is 30.3. The summed E-state index contributed by atoms with van der Waals surface area (Å²) in [4.78, 5) is 26.8. The summed E-state index contributed by atoms with van der Waals surface area (Å²) in [6.45, 7) is 4.45. The Kier molecular flexibility index (Phi) is 14.4. The second-order valence-electron chi connectivity index (χ2n) is 9.82. The molecule has 204 valence electrons. The van der Waals surface area contributed by atoms with Crippen molar-refractivity contribution in [2.24, 2.45) is 7.05 Å². The van der Waals surface area contributed by atoms with Gasteiger partial charge in [-0.15, -0.1) is 0 Å². The van der Waals surface area contributed by atoms with E-state index < -0.39 is 0 Å². The Morgan fingerprint density at radius 3 is 2.03 bits per heavy atom. The average Bonchev–Trinajstić information content (AvgIpc) is 2.90. The molecule has 0 bridgehead atoms. The number of amides is 2. The van der Waals surface area contributed by atoms with E-state index in [0.29, 0.717) is 23.7 Å². The molecule has 6 heteroatoms. The molecule has 0 N–H and O–H groups in total. The van der Waals surface area contributed by atoms with Crippen LogP contribution in [0.5, 0.6) is 11.5 Å². The Balaban J connectivity index is 1.81. The molecule has 0 unspecified atom stereocenters. The highest BCUT2D eigenvalue weighted by atomic mass is 16.5. The number of carbonyl (C=O) groups is 2. The molecule has 37 heavy (non-hydrogen) atoms. The van der Waals surface area contributed by atoms with Gasteiger partial charge in [0.15, 0.2) is 17.7 Å². The van der Waals surface area contributed by atoms with Crippen molar-refractivity contribution in [2.75, 3.05) is 13.7 Å². The molecule has 0 spiro atoms. The fourth-order valence-corrected chi connectivity index (χ4v) is 4.41. The van der Waals surface area contributed by atoms with Crippen molar-refractivity contribution in [3.8, 4) is 11.5 Å². The first-order valence-corrected chi connectivity index (χ1v) is 14.0. The van der Waals surface area contributed by atoms with Crippen LogP contribution in [0.4, 0.5) is 0 Å². The first-order valence-electron chi connectivity index (χ1n) is 14.0. The summed E-state index contributed by atoms with van der Waals surface area (Å²) >= 11 is 0.